The second-order valence-electron chi connectivity index (χ2n) is 32.4. The quantitative estimate of drug-likeness (QED) is 0.0680. The van der Waals surface area contributed by atoms with Crippen molar-refractivity contribution in [1.29, 1.82) is 0 Å². The number of hydrogen-bond donors (Lipinski definition) is 0. The summed E-state index contributed by atoms with van der Waals surface area (Å²) in [6, 6.07) is 0. The largest absolute Gasteiger partial charge is 0.459 e. The summed E-state index contributed by atoms with van der Waals surface area (Å²) in [4.78, 5) is 61.1. The van der Waals surface area contributed by atoms with Gasteiger partial charge in [-0.1, -0.05) is 146 Å². The Morgan fingerprint density at radius 2 is 0.437 bits per heavy atom. The Morgan fingerprint density at radius 1 is 0.241 bits per heavy atom. The van der Waals surface area contributed by atoms with Crippen LogP contribution in [0.3, 0.4) is 0 Å². The average molecular weight is 1230 g/mol. The second kappa shape index (κ2) is 36.6. The molecule has 0 radical (unpaired) electrons. The van der Waals surface area contributed by atoms with Crippen LogP contribution < -0.4 is 0 Å². The molecule has 5 fully saturated rings. The monoisotopic (exact) mass is 1230 g/mol. The molecule has 0 saturated heterocycles. The highest BCUT2D eigenvalue weighted by molar-refractivity contribution is 5.78. The first-order chi connectivity index (χ1) is 40.2. The third-order valence-electron chi connectivity index (χ3n) is 23.4. The Labute approximate surface area is 538 Å². The van der Waals surface area contributed by atoms with E-state index in [1.165, 1.54) is 148 Å². The molecule has 10 nitrogen and oxygen atoms in total. The van der Waals surface area contributed by atoms with Gasteiger partial charge in [-0.2, -0.15) is 0 Å². The third-order valence-corrected chi connectivity index (χ3v) is 23.4. The first kappa shape index (κ1) is 82.4. The van der Waals surface area contributed by atoms with Crippen LogP contribution >= 0.6 is 0 Å². The molecular formula is C77H144O10. The van der Waals surface area contributed by atoms with Crippen molar-refractivity contribution < 1.29 is 47.7 Å². The van der Waals surface area contributed by atoms with Gasteiger partial charge in [0, 0.05) is 0 Å². The molecule has 10 heteroatoms. The molecule has 0 heterocycles. The molecule has 5 rings (SSSR count). The molecule has 0 amide bonds. The van der Waals surface area contributed by atoms with Crippen molar-refractivity contribution >= 4 is 29.8 Å². The zero-order valence-corrected chi connectivity index (χ0v) is 62.1. The molecule has 0 aliphatic heterocycles. The van der Waals surface area contributed by atoms with Crippen molar-refractivity contribution in [1.82, 2.24) is 0 Å². The minimum absolute atomic E-state index is 0.00993. The minimum atomic E-state index is -0.357. The summed E-state index contributed by atoms with van der Waals surface area (Å²) in [7, 11) is 0. The highest BCUT2D eigenvalue weighted by Crippen LogP contribution is 2.44. The standard InChI is InChI=1S/C17H32O2.C16H30O2.2C15H28O2.C14H26O2/c1-6-16(4,5)15(18)19-17(7-2,8-3)14-12-10-9-11-13-14;1-6-15(3,4)14(17)18-16(5,7-2)13-11-9-8-10-12-13;1-6-14(2,3)13(16)17-15(4,5)12-10-8-7-9-11-12;1-6-14(3,4)13(16)17-15(5,7-2)12-10-8-9-11-12;1-6-13(2,3)12(15)16-14(4,5)11-9-7-8-10-11/h14H,6-13H2,1-5H3;13H,6-12H2,1-5H3;2*12H,6-11H2,1-5H3;11H,6-10H2,1-5H3. The molecule has 5 aliphatic carbocycles. The highest BCUT2D eigenvalue weighted by Gasteiger charge is 2.45. The predicted molar refractivity (Wildman–Crippen MR) is 363 cm³/mol. The van der Waals surface area contributed by atoms with E-state index in [0.717, 1.165) is 57.8 Å². The van der Waals surface area contributed by atoms with Gasteiger partial charge in [-0.3, -0.25) is 24.0 Å². The zero-order valence-electron chi connectivity index (χ0n) is 62.1. The molecule has 0 aromatic rings. The van der Waals surface area contributed by atoms with Gasteiger partial charge in [0.2, 0.25) is 0 Å². The fourth-order valence-electron chi connectivity index (χ4n) is 12.9. The summed E-state index contributed by atoms with van der Waals surface area (Å²) in [5.74, 6) is 2.59. The Morgan fingerprint density at radius 3 is 0.655 bits per heavy atom. The fourth-order valence-corrected chi connectivity index (χ4v) is 12.9. The summed E-state index contributed by atoms with van der Waals surface area (Å²) in [6.07, 6.45) is 36.8. The summed E-state index contributed by atoms with van der Waals surface area (Å²) < 4.78 is 29.5. The van der Waals surface area contributed by atoms with Crippen LogP contribution in [0.15, 0.2) is 0 Å². The lowest BCUT2D eigenvalue weighted by atomic mass is 9.73. The van der Waals surface area contributed by atoms with Gasteiger partial charge >= 0.3 is 29.8 Å². The Kier molecular flexibility index (Phi) is 34.6. The van der Waals surface area contributed by atoms with E-state index in [2.05, 4.69) is 76.2 Å². The van der Waals surface area contributed by atoms with Gasteiger partial charge in [0.15, 0.2) is 0 Å². The predicted octanol–water partition coefficient (Wildman–Crippen LogP) is 22.4. The second-order valence-corrected chi connectivity index (χ2v) is 32.4. The smallest absolute Gasteiger partial charge is 0.312 e. The lowest BCUT2D eigenvalue weighted by molar-refractivity contribution is -0.180. The van der Waals surface area contributed by atoms with E-state index in [1.54, 1.807) is 0 Å². The number of carbonyl (C=O) groups excluding carboxylic acids is 5. The van der Waals surface area contributed by atoms with E-state index in [9.17, 15) is 24.0 Å². The van der Waals surface area contributed by atoms with Gasteiger partial charge in [0.25, 0.3) is 0 Å². The fraction of sp³-hybridized carbons (Fsp3) is 0.935. The Bertz CT molecular complexity index is 1990. The molecule has 512 valence electrons. The number of esters is 5. The van der Waals surface area contributed by atoms with Crippen molar-refractivity contribution in [2.75, 3.05) is 0 Å². The average Bonchev–Trinajstić information content (AvgIpc) is 3.04. The van der Waals surface area contributed by atoms with Gasteiger partial charge in [0.05, 0.1) is 27.1 Å². The van der Waals surface area contributed by atoms with E-state index in [-0.39, 0.29) is 84.9 Å². The molecule has 5 aliphatic rings. The van der Waals surface area contributed by atoms with E-state index in [0.29, 0.717) is 29.6 Å². The van der Waals surface area contributed by atoms with Crippen LogP contribution in [0.4, 0.5) is 0 Å². The number of hydrogen-bond acceptors (Lipinski definition) is 10. The summed E-state index contributed by atoms with van der Waals surface area (Å²) in [6.45, 7) is 51.1. The van der Waals surface area contributed by atoms with E-state index in [1.807, 2.05) is 96.9 Å². The number of ether oxygens (including phenoxy) is 5. The molecule has 87 heavy (non-hydrogen) atoms. The molecule has 0 bridgehead atoms. The van der Waals surface area contributed by atoms with Crippen molar-refractivity contribution in [3.63, 3.8) is 0 Å². The van der Waals surface area contributed by atoms with Crippen molar-refractivity contribution in [3.05, 3.63) is 0 Å². The SMILES string of the molecule is CCC(C)(C)C(=O)OC(C)(C)C1CCCC1.CCC(C)(C)C(=O)OC(C)(C)C1CCCCC1.CCC(C)(C)C(=O)OC(C)(CC)C1CCCC1.CCC(C)(C)C(=O)OC(C)(CC)C1CCCCC1.CCC(C)(C)C(=O)OC(CC)(CC)C1CCCCC1. The molecule has 2 unspecified atom stereocenters. The molecule has 2 atom stereocenters. The molecule has 0 N–H and O–H groups in total. The molecule has 0 aromatic heterocycles. The molecular weight excluding hydrogens is 1080 g/mol. The van der Waals surface area contributed by atoms with E-state index < -0.39 is 0 Å². The van der Waals surface area contributed by atoms with Gasteiger partial charge in [-0.05, 0) is 262 Å². The molecule has 0 spiro atoms. The Hall–Kier alpha value is -2.65. The van der Waals surface area contributed by atoms with Gasteiger partial charge in [-0.25, -0.2) is 0 Å². The minimum Gasteiger partial charge on any atom is -0.459 e. The number of carbonyl (C=O) groups is 5. The van der Waals surface area contributed by atoms with Crippen LogP contribution in [0.2, 0.25) is 0 Å². The highest BCUT2D eigenvalue weighted by atomic mass is 16.6. The first-order valence-corrected chi connectivity index (χ1v) is 36.4. The van der Waals surface area contributed by atoms with E-state index >= 15 is 0 Å². The molecule has 5 saturated carbocycles. The zero-order chi connectivity index (χ0) is 66.9. The maximum atomic E-state index is 12.4. The first-order valence-electron chi connectivity index (χ1n) is 36.4. The van der Waals surface area contributed by atoms with Gasteiger partial charge in [0.1, 0.15) is 28.0 Å². The van der Waals surface area contributed by atoms with Crippen LogP contribution in [0.25, 0.3) is 0 Å². The number of rotatable bonds is 24. The summed E-state index contributed by atoms with van der Waals surface area (Å²) in [5.41, 5.74) is -3.09. The topological polar surface area (TPSA) is 132 Å². The lowest BCUT2D eigenvalue weighted by Crippen LogP contribution is -2.45. The molecule has 0 aromatic carbocycles. The summed E-state index contributed by atoms with van der Waals surface area (Å²) in [5, 5.41) is 0. The van der Waals surface area contributed by atoms with Crippen molar-refractivity contribution in [2.24, 2.45) is 56.7 Å². The van der Waals surface area contributed by atoms with Crippen LogP contribution in [-0.4, -0.2) is 57.9 Å². The lowest BCUT2D eigenvalue weighted by Gasteiger charge is -2.42. The Balaban J connectivity index is 0.000000544. The van der Waals surface area contributed by atoms with Crippen molar-refractivity contribution in [2.45, 2.75) is 407 Å². The van der Waals surface area contributed by atoms with Crippen LogP contribution in [0, 0.1) is 56.7 Å². The maximum Gasteiger partial charge on any atom is 0.312 e. The van der Waals surface area contributed by atoms with Crippen LogP contribution in [0.5, 0.6) is 0 Å². The van der Waals surface area contributed by atoms with Gasteiger partial charge in [-0.15, -0.1) is 0 Å². The van der Waals surface area contributed by atoms with E-state index in [4.69, 9.17) is 23.7 Å². The normalized spacial score (nSPS) is 19.8. The van der Waals surface area contributed by atoms with Crippen LogP contribution in [0.1, 0.15) is 379 Å². The summed E-state index contributed by atoms with van der Waals surface area (Å²) >= 11 is 0. The van der Waals surface area contributed by atoms with Gasteiger partial charge < -0.3 is 23.7 Å². The third kappa shape index (κ3) is 25.4. The maximum absolute atomic E-state index is 12.4. The van der Waals surface area contributed by atoms with Crippen LogP contribution in [-0.2, 0) is 47.7 Å². The van der Waals surface area contributed by atoms with Crippen molar-refractivity contribution in [3.8, 4) is 0 Å².